The summed E-state index contributed by atoms with van der Waals surface area (Å²) in [6, 6.07) is 14.6. The zero-order valence-corrected chi connectivity index (χ0v) is 18.2. The summed E-state index contributed by atoms with van der Waals surface area (Å²) in [6.45, 7) is 6.87. The predicted octanol–water partition coefficient (Wildman–Crippen LogP) is -2.32. The maximum absolute atomic E-state index is 5.97. The first-order valence-corrected chi connectivity index (χ1v) is 9.51. The molecule has 2 N–H and O–H groups in total. The van der Waals surface area contributed by atoms with Crippen molar-refractivity contribution in [1.82, 2.24) is 10.6 Å². The lowest BCUT2D eigenvalue weighted by molar-refractivity contribution is -0.001000. The molecule has 2 aromatic carbocycles. The number of benzene rings is 2. The molecule has 6 heteroatoms. The van der Waals surface area contributed by atoms with E-state index in [1.807, 2.05) is 6.07 Å². The highest BCUT2D eigenvalue weighted by Gasteiger charge is 2.12. The standard InChI is InChI=1S/C22H30N2O2.2ClH/c1-17-4-3-5-20(12-17)16-26-21-7-6-19(13-22(21)25-2)15-24-14-18-8-10-23-11-9-18;;/h3-7,12-13,18,23-24H,8-11,14-16H2,1-2H3;2*1H/p-2. The highest BCUT2D eigenvalue weighted by atomic mass is 35.5. The molecule has 2 aromatic rings. The number of piperidine rings is 1. The van der Waals surface area contributed by atoms with Gasteiger partial charge in [-0.15, -0.1) is 0 Å². The van der Waals surface area contributed by atoms with Gasteiger partial charge in [0.1, 0.15) is 6.61 Å². The van der Waals surface area contributed by atoms with E-state index in [1.165, 1.54) is 29.5 Å². The molecular formula is C22H30Cl2N2O2-2. The van der Waals surface area contributed by atoms with Crippen LogP contribution in [-0.2, 0) is 13.2 Å². The Kier molecular flexibility index (Phi) is 11.3. The molecule has 1 fully saturated rings. The lowest BCUT2D eigenvalue weighted by Gasteiger charge is -2.23. The van der Waals surface area contributed by atoms with Crippen molar-refractivity contribution in [3.8, 4) is 11.5 Å². The van der Waals surface area contributed by atoms with E-state index in [1.54, 1.807) is 7.11 Å². The number of hydrogen-bond donors (Lipinski definition) is 2. The Labute approximate surface area is 181 Å². The molecule has 4 nitrogen and oxygen atoms in total. The second kappa shape index (κ2) is 12.9. The highest BCUT2D eigenvalue weighted by molar-refractivity contribution is 5.43. The second-order valence-electron chi connectivity index (χ2n) is 7.09. The highest BCUT2D eigenvalue weighted by Crippen LogP contribution is 2.29. The topological polar surface area (TPSA) is 42.5 Å². The summed E-state index contributed by atoms with van der Waals surface area (Å²) >= 11 is 0. The fraction of sp³-hybridized carbons (Fsp3) is 0.455. The number of aryl methyl sites for hydroxylation is 1. The van der Waals surface area contributed by atoms with Gasteiger partial charge >= 0.3 is 0 Å². The Balaban J connectivity index is 0.00000196. The van der Waals surface area contributed by atoms with Crippen LogP contribution in [0.5, 0.6) is 11.5 Å². The molecule has 0 saturated carbocycles. The molecule has 1 saturated heterocycles. The van der Waals surface area contributed by atoms with Crippen LogP contribution in [0.25, 0.3) is 0 Å². The number of rotatable bonds is 8. The SMILES string of the molecule is COc1cc(CNCC2CCNCC2)ccc1OCc1cccc(C)c1.[Cl-].[Cl-]. The van der Waals surface area contributed by atoms with Crippen molar-refractivity contribution in [3.05, 3.63) is 59.2 Å². The molecular weight excluding hydrogens is 395 g/mol. The van der Waals surface area contributed by atoms with Crippen molar-refractivity contribution in [1.29, 1.82) is 0 Å². The monoisotopic (exact) mass is 424 g/mol. The van der Waals surface area contributed by atoms with Crippen LogP contribution in [0.4, 0.5) is 0 Å². The van der Waals surface area contributed by atoms with E-state index in [4.69, 9.17) is 9.47 Å². The molecule has 1 heterocycles. The van der Waals surface area contributed by atoms with Gasteiger partial charge in [-0.1, -0.05) is 35.9 Å². The van der Waals surface area contributed by atoms with Gasteiger partial charge in [0.25, 0.3) is 0 Å². The van der Waals surface area contributed by atoms with E-state index >= 15 is 0 Å². The van der Waals surface area contributed by atoms with Crippen molar-refractivity contribution < 1.29 is 34.3 Å². The molecule has 0 radical (unpaired) electrons. The smallest absolute Gasteiger partial charge is 0.161 e. The van der Waals surface area contributed by atoms with E-state index in [2.05, 4.69) is 54.0 Å². The summed E-state index contributed by atoms with van der Waals surface area (Å²) in [5.41, 5.74) is 3.63. The minimum absolute atomic E-state index is 0. The molecule has 0 spiro atoms. The molecule has 0 aromatic heterocycles. The fourth-order valence-electron chi connectivity index (χ4n) is 3.41. The average molecular weight is 425 g/mol. The Morgan fingerprint density at radius 2 is 1.79 bits per heavy atom. The van der Waals surface area contributed by atoms with Crippen molar-refractivity contribution in [2.45, 2.75) is 32.9 Å². The minimum atomic E-state index is 0. The van der Waals surface area contributed by atoms with Gasteiger partial charge in [-0.3, -0.25) is 0 Å². The van der Waals surface area contributed by atoms with Crippen LogP contribution >= 0.6 is 0 Å². The van der Waals surface area contributed by atoms with Crippen molar-refractivity contribution in [2.75, 3.05) is 26.7 Å². The molecule has 0 bridgehead atoms. The summed E-state index contributed by atoms with van der Waals surface area (Å²) in [5, 5.41) is 6.99. The van der Waals surface area contributed by atoms with Gasteiger partial charge in [-0.25, -0.2) is 0 Å². The van der Waals surface area contributed by atoms with Gasteiger partial charge in [0.05, 0.1) is 7.11 Å². The Morgan fingerprint density at radius 3 is 2.50 bits per heavy atom. The lowest BCUT2D eigenvalue weighted by atomic mass is 9.98. The lowest BCUT2D eigenvalue weighted by Crippen LogP contribution is -3.00. The van der Waals surface area contributed by atoms with Crippen molar-refractivity contribution in [3.63, 3.8) is 0 Å². The summed E-state index contributed by atoms with van der Waals surface area (Å²) in [7, 11) is 1.70. The normalized spacial score (nSPS) is 13.9. The van der Waals surface area contributed by atoms with E-state index in [-0.39, 0.29) is 24.8 Å². The molecule has 0 aliphatic carbocycles. The Hall–Kier alpha value is -1.46. The summed E-state index contributed by atoms with van der Waals surface area (Å²) < 4.78 is 11.5. The molecule has 156 valence electrons. The summed E-state index contributed by atoms with van der Waals surface area (Å²) in [4.78, 5) is 0. The van der Waals surface area contributed by atoms with Gasteiger partial charge < -0.3 is 44.9 Å². The first-order valence-electron chi connectivity index (χ1n) is 9.51. The van der Waals surface area contributed by atoms with Crippen LogP contribution in [0, 0.1) is 12.8 Å². The summed E-state index contributed by atoms with van der Waals surface area (Å²) in [6.07, 6.45) is 2.53. The molecule has 0 atom stereocenters. The third-order valence-electron chi connectivity index (χ3n) is 4.93. The number of ether oxygens (including phenoxy) is 2. The van der Waals surface area contributed by atoms with Crippen LogP contribution in [-0.4, -0.2) is 26.7 Å². The van der Waals surface area contributed by atoms with Crippen LogP contribution in [0.3, 0.4) is 0 Å². The number of nitrogens with one attached hydrogen (secondary N) is 2. The van der Waals surface area contributed by atoms with Crippen LogP contribution in [0.1, 0.15) is 29.5 Å². The maximum Gasteiger partial charge on any atom is 0.161 e. The third kappa shape index (κ3) is 7.51. The molecule has 1 aliphatic rings. The Morgan fingerprint density at radius 1 is 1.00 bits per heavy atom. The predicted molar refractivity (Wildman–Crippen MR) is 106 cm³/mol. The van der Waals surface area contributed by atoms with Crippen LogP contribution < -0.4 is 44.9 Å². The first kappa shape index (κ1) is 24.6. The average Bonchev–Trinajstić information content (AvgIpc) is 2.67. The minimum Gasteiger partial charge on any atom is -1.00 e. The largest absolute Gasteiger partial charge is 1.00 e. The molecule has 28 heavy (non-hydrogen) atoms. The van der Waals surface area contributed by atoms with Crippen molar-refractivity contribution in [2.24, 2.45) is 5.92 Å². The number of hydrogen-bond acceptors (Lipinski definition) is 4. The Bertz CT molecular complexity index is 707. The van der Waals surface area contributed by atoms with Crippen LogP contribution in [0.15, 0.2) is 42.5 Å². The van der Waals surface area contributed by atoms with Crippen molar-refractivity contribution >= 4 is 0 Å². The number of methoxy groups -OCH3 is 1. The van der Waals surface area contributed by atoms with Gasteiger partial charge in [0.15, 0.2) is 11.5 Å². The molecule has 0 unspecified atom stereocenters. The van der Waals surface area contributed by atoms with E-state index in [0.717, 1.165) is 43.6 Å². The van der Waals surface area contributed by atoms with Gasteiger partial charge in [0, 0.05) is 6.54 Å². The molecule has 3 rings (SSSR count). The van der Waals surface area contributed by atoms with Gasteiger partial charge in [-0.2, -0.15) is 0 Å². The van der Waals surface area contributed by atoms with E-state index in [9.17, 15) is 0 Å². The zero-order valence-electron chi connectivity index (χ0n) is 16.6. The molecule has 0 amide bonds. The van der Waals surface area contributed by atoms with Crippen LogP contribution in [0.2, 0.25) is 0 Å². The quantitative estimate of drug-likeness (QED) is 0.499. The number of halogens is 2. The maximum atomic E-state index is 5.97. The first-order chi connectivity index (χ1) is 12.7. The summed E-state index contributed by atoms with van der Waals surface area (Å²) in [5.74, 6) is 2.37. The zero-order chi connectivity index (χ0) is 18.2. The third-order valence-corrected chi connectivity index (χ3v) is 4.93. The van der Waals surface area contributed by atoms with Gasteiger partial charge in [0.2, 0.25) is 0 Å². The van der Waals surface area contributed by atoms with E-state index in [0.29, 0.717) is 6.61 Å². The second-order valence-corrected chi connectivity index (χ2v) is 7.09. The molecule has 1 aliphatic heterocycles. The van der Waals surface area contributed by atoms with Gasteiger partial charge in [-0.05, 0) is 68.6 Å². The fourth-order valence-corrected chi connectivity index (χ4v) is 3.41. The van der Waals surface area contributed by atoms with E-state index < -0.39 is 0 Å².